The van der Waals surface area contributed by atoms with Gasteiger partial charge in [0, 0.05) is 62.2 Å². The third-order valence-electron chi connectivity index (χ3n) is 5.81. The summed E-state index contributed by atoms with van der Waals surface area (Å²) in [7, 11) is 0.199. The molecule has 3 aromatic rings. The zero-order valence-electron chi connectivity index (χ0n) is 19.0. The molecule has 3 heterocycles. The van der Waals surface area contributed by atoms with Gasteiger partial charge in [0.25, 0.3) is 5.92 Å². The number of ether oxygens (including phenoxy) is 2. The molecule has 0 N–H and O–H groups in total. The third kappa shape index (κ3) is 4.59. The van der Waals surface area contributed by atoms with Gasteiger partial charge in [-0.2, -0.15) is 5.10 Å². The Balaban J connectivity index is 1.65. The summed E-state index contributed by atoms with van der Waals surface area (Å²) in [6.07, 6.45) is 2.51. The summed E-state index contributed by atoms with van der Waals surface area (Å²) in [5.41, 5.74) is -0.759. The molecule has 0 aliphatic heterocycles. The Labute approximate surface area is 190 Å². The van der Waals surface area contributed by atoms with Gasteiger partial charge in [0.05, 0.1) is 6.20 Å². The maximum Gasteiger partial charge on any atom is 0.354 e. The van der Waals surface area contributed by atoms with E-state index in [1.807, 2.05) is 6.20 Å². The van der Waals surface area contributed by atoms with Crippen LogP contribution in [0.4, 0.5) is 8.78 Å². The number of thiophene rings is 1. The summed E-state index contributed by atoms with van der Waals surface area (Å²) in [6.45, 7) is 9.45. The Morgan fingerprint density at radius 1 is 1.34 bits per heavy atom. The average molecular weight is 483 g/mol. The van der Waals surface area contributed by atoms with Gasteiger partial charge in [-0.25, -0.2) is 18.3 Å². The second-order valence-electron chi connectivity index (χ2n) is 9.81. The molecule has 0 saturated carbocycles. The van der Waals surface area contributed by atoms with Crippen LogP contribution in [0.5, 0.6) is 0 Å². The number of rotatable bonds is 7. The molecule has 6 nitrogen and oxygen atoms in total. The van der Waals surface area contributed by atoms with E-state index in [0.29, 0.717) is 29.0 Å². The fourth-order valence-electron chi connectivity index (χ4n) is 3.99. The second-order valence-corrected chi connectivity index (χ2v) is 16.5. The number of halogens is 2. The topological polar surface area (TPSA) is 66.5 Å². The first-order valence-electron chi connectivity index (χ1n) is 10.5. The van der Waals surface area contributed by atoms with Crippen molar-refractivity contribution in [2.45, 2.75) is 63.7 Å². The van der Waals surface area contributed by atoms with Crippen molar-refractivity contribution >= 4 is 29.5 Å². The molecule has 3 aromatic heterocycles. The highest BCUT2D eigenvalue weighted by atomic mass is 32.1. The number of methoxy groups -OCH3 is 1. The van der Waals surface area contributed by atoms with Gasteiger partial charge in [-0.3, -0.25) is 0 Å². The van der Waals surface area contributed by atoms with E-state index < -0.39 is 38.1 Å². The molecule has 0 bridgehead atoms. The highest BCUT2D eigenvalue weighted by molar-refractivity contribution is 7.22. The van der Waals surface area contributed by atoms with Crippen LogP contribution in [0.1, 0.15) is 24.7 Å². The van der Waals surface area contributed by atoms with E-state index in [9.17, 15) is 13.6 Å². The first-order chi connectivity index (χ1) is 14.9. The normalized spacial score (nSPS) is 20.6. The molecule has 174 valence electrons. The molecule has 0 amide bonds. The second kappa shape index (κ2) is 8.16. The fraction of sp³-hybridized carbons (Fsp3) is 0.545. The summed E-state index contributed by atoms with van der Waals surface area (Å²) >= 11 is 1.22. The number of hydrogen-bond acceptors (Lipinski definition) is 6. The zero-order chi connectivity index (χ0) is 23.3. The van der Waals surface area contributed by atoms with Gasteiger partial charge in [0.2, 0.25) is 0 Å². The fourth-order valence-corrected chi connectivity index (χ4v) is 5.79. The van der Waals surface area contributed by atoms with Gasteiger partial charge in [0.15, 0.2) is 0 Å². The van der Waals surface area contributed by atoms with Crippen molar-refractivity contribution in [3.05, 3.63) is 40.2 Å². The Morgan fingerprint density at radius 3 is 2.78 bits per heavy atom. The molecule has 0 radical (unpaired) electrons. The predicted octanol–water partition coefficient (Wildman–Crippen LogP) is 5.47. The number of alkyl halides is 2. The van der Waals surface area contributed by atoms with E-state index in [1.165, 1.54) is 25.4 Å². The lowest BCUT2D eigenvalue weighted by Gasteiger charge is -2.37. The average Bonchev–Trinajstić information content (AvgIpc) is 3.33. The lowest BCUT2D eigenvalue weighted by Crippen LogP contribution is -2.41. The summed E-state index contributed by atoms with van der Waals surface area (Å²) in [6, 6.07) is 2.85. The largest absolute Gasteiger partial charge is 0.423 e. The predicted molar refractivity (Wildman–Crippen MR) is 123 cm³/mol. The molecule has 0 saturated heterocycles. The minimum atomic E-state index is -2.95. The summed E-state index contributed by atoms with van der Waals surface area (Å²) in [5, 5.41) is 4.83. The number of aromatic nitrogens is 2. The molecule has 10 heteroatoms. The molecule has 1 unspecified atom stereocenters. The third-order valence-corrected chi connectivity index (χ3v) is 8.68. The van der Waals surface area contributed by atoms with Gasteiger partial charge >= 0.3 is 5.63 Å². The Hall–Kier alpha value is -1.88. The first-order valence-corrected chi connectivity index (χ1v) is 15.1. The van der Waals surface area contributed by atoms with E-state index in [1.54, 1.807) is 16.9 Å². The lowest BCUT2D eigenvalue weighted by molar-refractivity contribution is -0.124. The van der Waals surface area contributed by atoms with Crippen molar-refractivity contribution in [1.29, 1.82) is 0 Å². The van der Waals surface area contributed by atoms with Crippen LogP contribution in [0.3, 0.4) is 0 Å². The first kappa shape index (κ1) is 23.3. The zero-order valence-corrected chi connectivity index (χ0v) is 20.8. The van der Waals surface area contributed by atoms with Crippen molar-refractivity contribution < 1.29 is 22.7 Å². The Kier molecular flexibility index (Phi) is 5.94. The van der Waals surface area contributed by atoms with Gasteiger partial charge in [-0.1, -0.05) is 19.6 Å². The van der Waals surface area contributed by atoms with Crippen LogP contribution in [0.15, 0.2) is 27.7 Å². The van der Waals surface area contributed by atoms with E-state index in [-0.39, 0.29) is 5.76 Å². The highest BCUT2D eigenvalue weighted by Crippen LogP contribution is 2.47. The highest BCUT2D eigenvalue weighted by Gasteiger charge is 2.49. The smallest absolute Gasteiger partial charge is 0.354 e. The van der Waals surface area contributed by atoms with Crippen LogP contribution >= 0.6 is 11.3 Å². The Morgan fingerprint density at radius 2 is 2.09 bits per heavy atom. The van der Waals surface area contributed by atoms with Gasteiger partial charge in [-0.15, -0.1) is 11.3 Å². The van der Waals surface area contributed by atoms with Gasteiger partial charge in [-0.05, 0) is 19.0 Å². The van der Waals surface area contributed by atoms with E-state index in [2.05, 4.69) is 24.7 Å². The quantitative estimate of drug-likeness (QED) is 0.330. The van der Waals surface area contributed by atoms with E-state index >= 15 is 0 Å². The number of fused-ring (bicyclic) bond motifs is 3. The maximum absolute atomic E-state index is 14.5. The van der Waals surface area contributed by atoms with Crippen molar-refractivity contribution in [3.8, 4) is 10.4 Å². The van der Waals surface area contributed by atoms with Crippen LogP contribution in [-0.4, -0.2) is 37.5 Å². The van der Waals surface area contributed by atoms with E-state index in [0.717, 1.165) is 16.5 Å². The molecule has 0 spiro atoms. The maximum atomic E-state index is 14.5. The summed E-state index contributed by atoms with van der Waals surface area (Å²) in [4.78, 5) is 13.4. The van der Waals surface area contributed by atoms with Crippen LogP contribution in [0.25, 0.3) is 20.5 Å². The Bertz CT molecular complexity index is 1200. The van der Waals surface area contributed by atoms with E-state index in [4.69, 9.17) is 13.9 Å². The van der Waals surface area contributed by atoms with Crippen molar-refractivity contribution in [1.82, 2.24) is 9.78 Å². The molecule has 0 aromatic carbocycles. The minimum absolute atomic E-state index is 0.194. The molecule has 4 rings (SSSR count). The monoisotopic (exact) mass is 482 g/mol. The number of nitrogens with zero attached hydrogens (tertiary/aromatic N) is 2. The van der Waals surface area contributed by atoms with Crippen LogP contribution in [0, 0.1) is 0 Å². The summed E-state index contributed by atoms with van der Waals surface area (Å²) in [5.74, 6) is -2.76. The van der Waals surface area contributed by atoms with Crippen LogP contribution in [-0.2, 0) is 28.2 Å². The van der Waals surface area contributed by atoms with Crippen molar-refractivity contribution in [2.75, 3.05) is 13.7 Å². The van der Waals surface area contributed by atoms with Crippen LogP contribution < -0.4 is 5.63 Å². The molecule has 0 fully saturated rings. The molecule has 32 heavy (non-hydrogen) atoms. The molecular formula is C22H28F2N2O4SSi. The van der Waals surface area contributed by atoms with Crippen molar-refractivity contribution in [2.24, 2.45) is 0 Å². The standard InChI is InChI=1S/C22H28F2N2O4SSi/c1-21(28-2)12-22(23,24)9-16-15-8-17(31-18(15)20(27)30-19(16)21)14-10-25-26(11-14)13-29-6-7-32(3,4)5/h8,10-11H,6-7,9,12-13H2,1-5H3. The molecule has 1 atom stereocenters. The van der Waals surface area contributed by atoms with Gasteiger partial charge < -0.3 is 13.9 Å². The lowest BCUT2D eigenvalue weighted by atomic mass is 9.81. The summed E-state index contributed by atoms with van der Waals surface area (Å²) < 4.78 is 47.7. The molecule has 1 aliphatic carbocycles. The number of hydrogen-bond donors (Lipinski definition) is 0. The molecule has 1 aliphatic rings. The minimum Gasteiger partial charge on any atom is -0.423 e. The molecular weight excluding hydrogens is 454 g/mol. The van der Waals surface area contributed by atoms with Crippen LogP contribution in [0.2, 0.25) is 25.7 Å². The SMILES string of the molecule is COC1(C)CC(F)(F)Cc2c1oc(=O)c1sc(-c3cnn(COCC[Si](C)(C)C)c3)cc21. The van der Waals surface area contributed by atoms with Crippen molar-refractivity contribution in [3.63, 3.8) is 0 Å². The van der Waals surface area contributed by atoms with Gasteiger partial charge in [0.1, 0.15) is 22.8 Å².